The zero-order valence-corrected chi connectivity index (χ0v) is 15.8. The molecule has 0 bridgehead atoms. The smallest absolute Gasteiger partial charge is 0.280 e. The highest BCUT2D eigenvalue weighted by Gasteiger charge is 2.60. The molecule has 9 heteroatoms. The molecule has 0 saturated carbocycles. The van der Waals surface area contributed by atoms with E-state index in [1.54, 1.807) is 18.2 Å². The van der Waals surface area contributed by atoms with Crippen LogP contribution in [0.2, 0.25) is 0 Å². The number of rotatable bonds is 1. The van der Waals surface area contributed by atoms with Crippen molar-refractivity contribution in [2.75, 3.05) is 9.80 Å². The Kier molecular flexibility index (Phi) is 4.30. The molecule has 2 aliphatic rings. The van der Waals surface area contributed by atoms with Gasteiger partial charge in [-0.2, -0.15) is 13.2 Å². The second-order valence-electron chi connectivity index (χ2n) is 6.43. The summed E-state index contributed by atoms with van der Waals surface area (Å²) in [5.41, 5.74) is -0.972. The summed E-state index contributed by atoms with van der Waals surface area (Å²) in [7, 11) is 0. The van der Waals surface area contributed by atoms with Gasteiger partial charge in [0, 0.05) is 18.6 Å². The Morgan fingerprint density at radius 2 is 1.62 bits per heavy atom. The summed E-state index contributed by atoms with van der Waals surface area (Å²) < 4.78 is 41.1. The van der Waals surface area contributed by atoms with Gasteiger partial charge >= 0.3 is 6.18 Å². The average Bonchev–Trinajstić information content (AvgIpc) is 2.90. The highest BCUT2D eigenvalue weighted by atomic mass is 32.2. The number of para-hydroxylation sites is 2. The number of hydrogen-bond donors (Lipinski definition) is 0. The lowest BCUT2D eigenvalue weighted by molar-refractivity contribution is -0.137. The van der Waals surface area contributed by atoms with E-state index in [4.69, 9.17) is 0 Å². The summed E-state index contributed by atoms with van der Waals surface area (Å²) in [6, 6.07) is 10.9. The molecule has 1 atom stereocenters. The third kappa shape index (κ3) is 2.68. The van der Waals surface area contributed by atoms with Crippen LogP contribution in [0.15, 0.2) is 60.0 Å². The van der Waals surface area contributed by atoms with Crippen LogP contribution in [0.5, 0.6) is 0 Å². The molecule has 2 aromatic rings. The van der Waals surface area contributed by atoms with E-state index in [-0.39, 0.29) is 11.3 Å². The monoisotopic (exact) mass is 418 g/mol. The summed E-state index contributed by atoms with van der Waals surface area (Å²) in [5, 5.41) is 1.37. The highest BCUT2D eigenvalue weighted by molar-refractivity contribution is 8.04. The molecule has 0 fully saturated rings. The van der Waals surface area contributed by atoms with Gasteiger partial charge in [-0.15, -0.1) is 0 Å². The second kappa shape index (κ2) is 6.48. The molecule has 3 amide bonds. The van der Waals surface area contributed by atoms with Crippen molar-refractivity contribution in [1.82, 2.24) is 0 Å². The number of nitrogens with zero attached hydrogens (tertiary/aromatic N) is 2. The van der Waals surface area contributed by atoms with Gasteiger partial charge in [-0.1, -0.05) is 42.1 Å². The first-order chi connectivity index (χ1) is 13.7. The number of hydrogen-bond acceptors (Lipinski definition) is 4. The first kappa shape index (κ1) is 19.3. The topological polar surface area (TPSA) is 57.7 Å². The van der Waals surface area contributed by atoms with E-state index in [1.165, 1.54) is 30.5 Å². The number of alkyl halides is 3. The Balaban J connectivity index is 2.04. The minimum Gasteiger partial charge on any atom is -0.280 e. The van der Waals surface area contributed by atoms with Gasteiger partial charge in [-0.05, 0) is 23.6 Å². The van der Waals surface area contributed by atoms with Crippen LogP contribution in [0.4, 0.5) is 24.5 Å². The maximum absolute atomic E-state index is 13.7. The molecule has 2 heterocycles. The second-order valence-corrected chi connectivity index (χ2v) is 7.53. The molecule has 0 radical (unpaired) electrons. The van der Waals surface area contributed by atoms with Crippen molar-refractivity contribution < 1.29 is 27.6 Å². The van der Waals surface area contributed by atoms with Crippen LogP contribution in [-0.2, 0) is 25.4 Å². The number of benzene rings is 2. The maximum Gasteiger partial charge on any atom is 0.418 e. The van der Waals surface area contributed by atoms with Gasteiger partial charge in [-0.3, -0.25) is 19.3 Å². The van der Waals surface area contributed by atoms with Crippen LogP contribution in [0, 0.1) is 0 Å². The Labute approximate surface area is 167 Å². The maximum atomic E-state index is 13.7. The Morgan fingerprint density at radius 3 is 2.28 bits per heavy atom. The summed E-state index contributed by atoms with van der Waals surface area (Å²) in [6.07, 6.45) is -3.64. The van der Waals surface area contributed by atoms with Gasteiger partial charge < -0.3 is 0 Å². The van der Waals surface area contributed by atoms with Crippen molar-refractivity contribution in [3.63, 3.8) is 0 Å². The van der Waals surface area contributed by atoms with Crippen molar-refractivity contribution in [1.29, 1.82) is 0 Å². The molecular weight excluding hydrogens is 405 g/mol. The molecular formula is C20H13F3N2O3S. The van der Waals surface area contributed by atoms with E-state index in [2.05, 4.69) is 0 Å². The largest absolute Gasteiger partial charge is 0.418 e. The summed E-state index contributed by atoms with van der Waals surface area (Å²) in [6.45, 7) is 1.19. The molecule has 2 aliphatic heterocycles. The number of amides is 3. The molecule has 0 aromatic heterocycles. The van der Waals surface area contributed by atoms with Crippen molar-refractivity contribution in [2.24, 2.45) is 0 Å². The van der Waals surface area contributed by atoms with E-state index in [0.717, 1.165) is 39.8 Å². The van der Waals surface area contributed by atoms with Gasteiger partial charge in [0.2, 0.25) is 10.8 Å². The van der Waals surface area contributed by atoms with Crippen LogP contribution in [0.1, 0.15) is 18.1 Å². The molecule has 4 rings (SSSR count). The molecule has 0 saturated heterocycles. The molecule has 0 N–H and O–H groups in total. The zero-order valence-electron chi connectivity index (χ0n) is 14.9. The first-order valence-electron chi connectivity index (χ1n) is 8.49. The quantitative estimate of drug-likeness (QED) is 0.701. The van der Waals surface area contributed by atoms with Gasteiger partial charge in [0.05, 0.1) is 16.9 Å². The van der Waals surface area contributed by atoms with E-state index in [9.17, 15) is 27.6 Å². The molecule has 5 nitrogen and oxygen atoms in total. The number of carbonyl (C=O) groups is 3. The Hall–Kier alpha value is -3.07. The van der Waals surface area contributed by atoms with E-state index >= 15 is 0 Å². The van der Waals surface area contributed by atoms with Crippen LogP contribution < -0.4 is 9.80 Å². The minimum absolute atomic E-state index is 0.245. The fourth-order valence-electron chi connectivity index (χ4n) is 3.64. The highest BCUT2D eigenvalue weighted by Crippen LogP contribution is 2.55. The predicted octanol–water partition coefficient (Wildman–Crippen LogP) is 4.05. The first-order valence-corrected chi connectivity index (χ1v) is 9.37. The third-order valence-corrected chi connectivity index (χ3v) is 5.94. The zero-order chi connectivity index (χ0) is 21.0. The van der Waals surface area contributed by atoms with Crippen molar-refractivity contribution >= 4 is 40.9 Å². The molecule has 1 unspecified atom stereocenters. The normalized spacial score (nSPS) is 21.1. The van der Waals surface area contributed by atoms with Crippen molar-refractivity contribution in [2.45, 2.75) is 18.0 Å². The number of carbonyl (C=O) groups excluding carboxylic acids is 3. The average molecular weight is 418 g/mol. The fraction of sp³-hybridized carbons (Fsp3) is 0.150. The van der Waals surface area contributed by atoms with Gasteiger partial charge in [-0.25, -0.2) is 4.90 Å². The van der Waals surface area contributed by atoms with Gasteiger partial charge in [0.25, 0.3) is 11.8 Å². The fourth-order valence-corrected chi connectivity index (χ4v) is 4.81. The number of thioether (sulfide) groups is 1. The Morgan fingerprint density at radius 1 is 1.00 bits per heavy atom. The van der Waals surface area contributed by atoms with Crippen LogP contribution in [0.25, 0.3) is 0 Å². The summed E-state index contributed by atoms with van der Waals surface area (Å²) in [5.74, 6) is -2.16. The molecule has 0 aliphatic carbocycles. The van der Waals surface area contributed by atoms with Crippen LogP contribution in [0.3, 0.4) is 0 Å². The van der Waals surface area contributed by atoms with E-state index in [1.807, 2.05) is 0 Å². The summed E-state index contributed by atoms with van der Waals surface area (Å²) in [4.78, 5) is 38.4. The Bertz CT molecular complexity index is 1080. The summed E-state index contributed by atoms with van der Waals surface area (Å²) >= 11 is 0.885. The standard InChI is InChI=1S/C20H13F3N2O3S/c1-12(26)24-15-8-4-2-6-13(15)19(18(24)28)25(17(27)10-11-29-19)16-9-5-3-7-14(16)20(21,22)23/h2-11H,1H3. The minimum atomic E-state index is -4.74. The molecule has 29 heavy (non-hydrogen) atoms. The van der Waals surface area contributed by atoms with Crippen molar-refractivity contribution in [3.05, 3.63) is 71.1 Å². The number of imide groups is 1. The number of anilines is 2. The predicted molar refractivity (Wildman–Crippen MR) is 102 cm³/mol. The molecule has 2 aromatic carbocycles. The molecule has 148 valence electrons. The van der Waals surface area contributed by atoms with Gasteiger partial charge in [0.15, 0.2) is 0 Å². The van der Waals surface area contributed by atoms with Crippen LogP contribution in [-0.4, -0.2) is 17.7 Å². The lowest BCUT2D eigenvalue weighted by Crippen LogP contribution is -2.55. The van der Waals surface area contributed by atoms with Crippen LogP contribution >= 0.6 is 11.8 Å². The number of halogens is 3. The van der Waals surface area contributed by atoms with Gasteiger partial charge in [0.1, 0.15) is 0 Å². The lowest BCUT2D eigenvalue weighted by atomic mass is 10.0. The SMILES string of the molecule is CC(=O)N1C(=O)C2(SC=CC(=O)N2c2ccccc2C(F)(F)F)c2ccccc21. The van der Waals surface area contributed by atoms with E-state index in [0.29, 0.717) is 0 Å². The molecule has 1 spiro atoms. The lowest BCUT2D eigenvalue weighted by Gasteiger charge is -2.41. The van der Waals surface area contributed by atoms with Crippen molar-refractivity contribution in [3.8, 4) is 0 Å². The third-order valence-electron chi connectivity index (χ3n) is 4.75. The number of fused-ring (bicyclic) bond motifs is 2. The van der Waals surface area contributed by atoms with E-state index < -0.39 is 40.0 Å².